The maximum atomic E-state index is 11.8. The number of allylic oxidation sites excluding steroid dienone is 3. The van der Waals surface area contributed by atoms with Gasteiger partial charge < -0.3 is 10.2 Å². The molecule has 0 aliphatic rings. The summed E-state index contributed by atoms with van der Waals surface area (Å²) in [7, 11) is 0. The number of halogens is 4. The molecule has 0 rings (SSSR count). The zero-order chi connectivity index (χ0) is 12.1. The standard InChI is InChI=1S/C9H12BrF3O2/c1-2-8(15)7(10)4-3-6(14)5-9(11,12)13/h3-4,6,14-15H,2,5H2,1H3/b4-3-,8-7-/t6-/m0/s1. The average molecular weight is 289 g/mol. The van der Waals surface area contributed by atoms with E-state index in [1.165, 1.54) is 6.08 Å². The smallest absolute Gasteiger partial charge is 0.391 e. The molecular weight excluding hydrogens is 277 g/mol. The van der Waals surface area contributed by atoms with Crippen molar-refractivity contribution in [2.45, 2.75) is 32.0 Å². The summed E-state index contributed by atoms with van der Waals surface area (Å²) in [4.78, 5) is 0. The van der Waals surface area contributed by atoms with Crippen LogP contribution < -0.4 is 0 Å². The van der Waals surface area contributed by atoms with Gasteiger partial charge in [-0.15, -0.1) is 0 Å². The van der Waals surface area contributed by atoms with Gasteiger partial charge in [-0.05, 0) is 22.0 Å². The normalized spacial score (nSPS) is 16.7. The van der Waals surface area contributed by atoms with Gasteiger partial charge in [0.1, 0.15) is 5.76 Å². The van der Waals surface area contributed by atoms with E-state index in [0.29, 0.717) is 6.42 Å². The first-order valence-electron chi connectivity index (χ1n) is 4.27. The van der Waals surface area contributed by atoms with Crippen LogP contribution in [-0.2, 0) is 0 Å². The van der Waals surface area contributed by atoms with Gasteiger partial charge in [0.2, 0.25) is 0 Å². The molecular formula is C9H12BrF3O2. The van der Waals surface area contributed by atoms with Gasteiger partial charge in [0.15, 0.2) is 0 Å². The second-order valence-electron chi connectivity index (χ2n) is 2.89. The SMILES string of the molecule is CC/C(O)=C(Br)\C=C/[C@H](O)CC(F)(F)F. The molecule has 0 amide bonds. The maximum absolute atomic E-state index is 11.8. The third-order valence-corrected chi connectivity index (χ3v) is 2.24. The summed E-state index contributed by atoms with van der Waals surface area (Å²) in [6.45, 7) is 1.69. The van der Waals surface area contributed by atoms with Crippen LogP contribution in [0.4, 0.5) is 13.2 Å². The van der Waals surface area contributed by atoms with Crippen LogP contribution in [0.15, 0.2) is 22.4 Å². The van der Waals surface area contributed by atoms with E-state index in [0.717, 1.165) is 6.08 Å². The van der Waals surface area contributed by atoms with Crippen molar-refractivity contribution in [1.82, 2.24) is 0 Å². The highest BCUT2D eigenvalue weighted by Crippen LogP contribution is 2.22. The molecule has 0 saturated heterocycles. The van der Waals surface area contributed by atoms with E-state index in [-0.39, 0.29) is 10.2 Å². The molecule has 0 heterocycles. The Morgan fingerprint density at radius 1 is 1.47 bits per heavy atom. The van der Waals surface area contributed by atoms with E-state index in [4.69, 9.17) is 10.2 Å². The van der Waals surface area contributed by atoms with Crippen LogP contribution in [0, 0.1) is 0 Å². The van der Waals surface area contributed by atoms with E-state index in [2.05, 4.69) is 15.9 Å². The largest absolute Gasteiger partial charge is 0.511 e. The lowest BCUT2D eigenvalue weighted by molar-refractivity contribution is -0.148. The highest BCUT2D eigenvalue weighted by Gasteiger charge is 2.29. The third-order valence-electron chi connectivity index (χ3n) is 1.52. The van der Waals surface area contributed by atoms with Crippen LogP contribution in [-0.4, -0.2) is 22.5 Å². The predicted octanol–water partition coefficient (Wildman–Crippen LogP) is 3.43. The van der Waals surface area contributed by atoms with Gasteiger partial charge in [-0.1, -0.05) is 13.0 Å². The Morgan fingerprint density at radius 3 is 2.40 bits per heavy atom. The topological polar surface area (TPSA) is 40.5 Å². The molecule has 0 aromatic rings. The van der Waals surface area contributed by atoms with Gasteiger partial charge in [0.05, 0.1) is 17.0 Å². The number of aliphatic hydroxyl groups is 2. The van der Waals surface area contributed by atoms with Gasteiger partial charge in [0, 0.05) is 6.42 Å². The van der Waals surface area contributed by atoms with Crippen molar-refractivity contribution in [1.29, 1.82) is 0 Å². The number of rotatable bonds is 4. The molecule has 88 valence electrons. The average Bonchev–Trinajstić information content (AvgIpc) is 2.10. The molecule has 2 nitrogen and oxygen atoms in total. The van der Waals surface area contributed by atoms with Gasteiger partial charge in [-0.2, -0.15) is 13.2 Å². The minimum atomic E-state index is -4.40. The van der Waals surface area contributed by atoms with Crippen molar-refractivity contribution in [3.8, 4) is 0 Å². The molecule has 0 unspecified atom stereocenters. The quantitative estimate of drug-likeness (QED) is 0.615. The van der Waals surface area contributed by atoms with E-state index in [1.54, 1.807) is 6.92 Å². The van der Waals surface area contributed by atoms with Crippen molar-refractivity contribution in [3.63, 3.8) is 0 Å². The predicted molar refractivity (Wildman–Crippen MR) is 54.7 cm³/mol. The second kappa shape index (κ2) is 6.17. The Bertz CT molecular complexity index is 259. The zero-order valence-corrected chi connectivity index (χ0v) is 9.64. The molecule has 15 heavy (non-hydrogen) atoms. The fraction of sp³-hybridized carbons (Fsp3) is 0.556. The lowest BCUT2D eigenvalue weighted by atomic mass is 10.2. The zero-order valence-electron chi connectivity index (χ0n) is 8.05. The fourth-order valence-electron chi connectivity index (χ4n) is 0.766. The molecule has 0 saturated carbocycles. The molecule has 6 heteroatoms. The van der Waals surface area contributed by atoms with Crippen LogP contribution in [0.3, 0.4) is 0 Å². The Morgan fingerprint density at radius 2 is 2.00 bits per heavy atom. The van der Waals surface area contributed by atoms with E-state index >= 15 is 0 Å². The second-order valence-corrected chi connectivity index (χ2v) is 3.75. The van der Waals surface area contributed by atoms with Crippen LogP contribution in [0.1, 0.15) is 19.8 Å². The van der Waals surface area contributed by atoms with Crippen molar-refractivity contribution in [2.24, 2.45) is 0 Å². The summed E-state index contributed by atoms with van der Waals surface area (Å²) in [5.41, 5.74) is 0. The van der Waals surface area contributed by atoms with E-state index < -0.39 is 18.7 Å². The summed E-state index contributed by atoms with van der Waals surface area (Å²) >= 11 is 2.96. The minimum absolute atomic E-state index is 0.0189. The summed E-state index contributed by atoms with van der Waals surface area (Å²) < 4.78 is 35.6. The molecule has 0 aromatic carbocycles. The van der Waals surface area contributed by atoms with Gasteiger partial charge in [-0.3, -0.25) is 0 Å². The van der Waals surface area contributed by atoms with Crippen molar-refractivity contribution >= 4 is 15.9 Å². The van der Waals surface area contributed by atoms with Gasteiger partial charge in [-0.25, -0.2) is 0 Å². The molecule has 1 atom stereocenters. The van der Waals surface area contributed by atoms with Crippen molar-refractivity contribution in [3.05, 3.63) is 22.4 Å². The van der Waals surface area contributed by atoms with Crippen LogP contribution in [0.5, 0.6) is 0 Å². The van der Waals surface area contributed by atoms with Crippen molar-refractivity contribution < 1.29 is 23.4 Å². The molecule has 0 radical (unpaired) electrons. The van der Waals surface area contributed by atoms with Gasteiger partial charge in [0.25, 0.3) is 0 Å². The third kappa shape index (κ3) is 7.44. The fourth-order valence-corrected chi connectivity index (χ4v) is 1.20. The maximum Gasteiger partial charge on any atom is 0.391 e. The molecule has 0 fully saturated rings. The Labute approximate surface area is 94.2 Å². The molecule has 0 aliphatic carbocycles. The highest BCUT2D eigenvalue weighted by molar-refractivity contribution is 9.11. The molecule has 0 spiro atoms. The van der Waals surface area contributed by atoms with E-state index in [1.807, 2.05) is 0 Å². The molecule has 0 aliphatic heterocycles. The molecule has 0 aromatic heterocycles. The highest BCUT2D eigenvalue weighted by atomic mass is 79.9. The first-order chi connectivity index (χ1) is 6.76. The number of hydrogen-bond acceptors (Lipinski definition) is 2. The summed E-state index contributed by atoms with van der Waals surface area (Å²) in [6.07, 6.45) is -4.75. The first-order valence-corrected chi connectivity index (χ1v) is 5.06. The Hall–Kier alpha value is -0.490. The van der Waals surface area contributed by atoms with Crippen LogP contribution in [0.25, 0.3) is 0 Å². The van der Waals surface area contributed by atoms with Gasteiger partial charge >= 0.3 is 6.18 Å². The monoisotopic (exact) mass is 288 g/mol. The molecule has 2 N–H and O–H groups in total. The van der Waals surface area contributed by atoms with Crippen molar-refractivity contribution in [2.75, 3.05) is 0 Å². The Balaban J connectivity index is 4.30. The summed E-state index contributed by atoms with van der Waals surface area (Å²) in [5.74, 6) is 0.0189. The number of hydrogen-bond donors (Lipinski definition) is 2. The van der Waals surface area contributed by atoms with Crippen LogP contribution >= 0.6 is 15.9 Å². The lowest BCUT2D eigenvalue weighted by Crippen LogP contribution is -2.17. The first kappa shape index (κ1) is 14.5. The number of alkyl halides is 3. The van der Waals surface area contributed by atoms with Crippen LogP contribution in [0.2, 0.25) is 0 Å². The van der Waals surface area contributed by atoms with E-state index in [9.17, 15) is 13.2 Å². The number of aliphatic hydroxyl groups excluding tert-OH is 2. The summed E-state index contributed by atoms with van der Waals surface area (Å²) in [6, 6.07) is 0. The minimum Gasteiger partial charge on any atom is -0.511 e. The Kier molecular flexibility index (Phi) is 5.97. The molecule has 0 bridgehead atoms. The lowest BCUT2D eigenvalue weighted by Gasteiger charge is -2.08. The summed E-state index contributed by atoms with van der Waals surface area (Å²) in [5, 5.41) is 18.1.